The lowest BCUT2D eigenvalue weighted by Gasteiger charge is -2.34. The van der Waals surface area contributed by atoms with Gasteiger partial charge in [0.15, 0.2) is 0 Å². The van der Waals surface area contributed by atoms with E-state index in [1.807, 2.05) is 0 Å². The molecule has 13 heavy (non-hydrogen) atoms. The second kappa shape index (κ2) is 3.64. The highest BCUT2D eigenvalue weighted by molar-refractivity contribution is 5.74. The van der Waals surface area contributed by atoms with Crippen LogP contribution in [0.25, 0.3) is 0 Å². The molecule has 4 heteroatoms. The minimum Gasteiger partial charge on any atom is -0.457 e. The normalized spacial score (nSPS) is 20.6. The molecule has 0 unspecified atom stereocenters. The minimum absolute atomic E-state index is 0.525. The highest BCUT2D eigenvalue weighted by atomic mass is 16.6. The molecule has 0 bridgehead atoms. The maximum absolute atomic E-state index is 11.3. The number of hydrogen-bond donors (Lipinski definition) is 1. The maximum atomic E-state index is 11.3. The zero-order valence-electron chi connectivity index (χ0n) is 8.41. The number of rotatable bonds is 2. The van der Waals surface area contributed by atoms with Crippen LogP contribution in [-0.4, -0.2) is 40.9 Å². The van der Waals surface area contributed by atoms with Gasteiger partial charge in [0.25, 0.3) is 0 Å². The Kier molecular flexibility index (Phi) is 2.93. The maximum Gasteiger partial charge on any atom is 0.351 e. The standard InChI is InChI=1S/C9H17NO3/c1-9(2,3)13-8(12)7(11)10-5-4-6-10/h7,11H,4-6H2,1-3H3/t7-/m1/s1. The number of carbonyl (C=O) groups is 1. The number of esters is 1. The first-order valence-electron chi connectivity index (χ1n) is 4.55. The van der Waals surface area contributed by atoms with Crippen LogP contribution >= 0.6 is 0 Å². The summed E-state index contributed by atoms with van der Waals surface area (Å²) in [5, 5.41) is 9.45. The number of likely N-dealkylation sites (tertiary alicyclic amines) is 1. The lowest BCUT2D eigenvalue weighted by molar-refractivity contribution is -0.179. The third-order valence-electron chi connectivity index (χ3n) is 1.85. The fourth-order valence-electron chi connectivity index (χ4n) is 1.09. The van der Waals surface area contributed by atoms with Gasteiger partial charge in [0.2, 0.25) is 6.23 Å². The molecule has 1 rings (SSSR count). The second-order valence-corrected chi connectivity index (χ2v) is 4.30. The smallest absolute Gasteiger partial charge is 0.351 e. The highest BCUT2D eigenvalue weighted by Gasteiger charge is 2.31. The van der Waals surface area contributed by atoms with Gasteiger partial charge in [-0.15, -0.1) is 0 Å². The fourth-order valence-corrected chi connectivity index (χ4v) is 1.09. The minimum atomic E-state index is -1.08. The van der Waals surface area contributed by atoms with Crippen LogP contribution < -0.4 is 0 Å². The van der Waals surface area contributed by atoms with E-state index in [-0.39, 0.29) is 0 Å². The van der Waals surface area contributed by atoms with Crippen molar-refractivity contribution in [1.82, 2.24) is 4.90 Å². The molecular weight excluding hydrogens is 170 g/mol. The predicted molar refractivity (Wildman–Crippen MR) is 48.0 cm³/mol. The zero-order chi connectivity index (χ0) is 10.1. The van der Waals surface area contributed by atoms with Gasteiger partial charge >= 0.3 is 5.97 Å². The van der Waals surface area contributed by atoms with Crippen molar-refractivity contribution in [2.75, 3.05) is 13.1 Å². The molecule has 0 aliphatic carbocycles. The van der Waals surface area contributed by atoms with Crippen molar-refractivity contribution in [3.8, 4) is 0 Å². The molecule has 0 amide bonds. The van der Waals surface area contributed by atoms with E-state index < -0.39 is 17.8 Å². The number of carbonyl (C=O) groups excluding carboxylic acids is 1. The molecule has 76 valence electrons. The summed E-state index contributed by atoms with van der Waals surface area (Å²) in [4.78, 5) is 13.0. The van der Waals surface area contributed by atoms with Crippen LogP contribution in [0.5, 0.6) is 0 Å². The van der Waals surface area contributed by atoms with Crippen LogP contribution in [-0.2, 0) is 9.53 Å². The summed E-state index contributed by atoms with van der Waals surface area (Å²) in [7, 11) is 0. The molecule has 1 atom stereocenters. The summed E-state index contributed by atoms with van der Waals surface area (Å²) in [5.41, 5.74) is -0.525. The first-order valence-corrected chi connectivity index (χ1v) is 4.55. The van der Waals surface area contributed by atoms with Crippen LogP contribution in [0.4, 0.5) is 0 Å². The predicted octanol–water partition coefficient (Wildman–Crippen LogP) is 0.352. The molecule has 1 aliphatic heterocycles. The van der Waals surface area contributed by atoms with Gasteiger partial charge in [0, 0.05) is 13.1 Å². The number of ether oxygens (including phenoxy) is 1. The molecule has 0 aromatic rings. The van der Waals surface area contributed by atoms with Gasteiger partial charge in [-0.1, -0.05) is 0 Å². The van der Waals surface area contributed by atoms with Crippen LogP contribution in [0, 0.1) is 0 Å². The van der Waals surface area contributed by atoms with Crippen molar-refractivity contribution in [3.05, 3.63) is 0 Å². The molecule has 0 aromatic carbocycles. The van der Waals surface area contributed by atoms with Gasteiger partial charge < -0.3 is 9.84 Å². The first-order chi connectivity index (χ1) is 5.90. The van der Waals surface area contributed by atoms with Crippen molar-refractivity contribution in [2.24, 2.45) is 0 Å². The monoisotopic (exact) mass is 187 g/mol. The third kappa shape index (κ3) is 2.97. The number of nitrogens with zero attached hydrogens (tertiary/aromatic N) is 1. The zero-order valence-corrected chi connectivity index (χ0v) is 8.41. The van der Waals surface area contributed by atoms with E-state index in [2.05, 4.69) is 0 Å². The van der Waals surface area contributed by atoms with Crippen molar-refractivity contribution in [2.45, 2.75) is 39.0 Å². The molecule has 1 aliphatic rings. The molecule has 1 saturated heterocycles. The molecule has 0 saturated carbocycles. The van der Waals surface area contributed by atoms with Crippen molar-refractivity contribution < 1.29 is 14.6 Å². The Morgan fingerprint density at radius 2 is 2.00 bits per heavy atom. The fraction of sp³-hybridized carbons (Fsp3) is 0.889. The summed E-state index contributed by atoms with van der Waals surface area (Å²) in [6.45, 7) is 6.91. The van der Waals surface area contributed by atoms with Gasteiger partial charge in [-0.05, 0) is 27.2 Å². The Hall–Kier alpha value is -0.610. The lowest BCUT2D eigenvalue weighted by Crippen LogP contribution is -2.50. The third-order valence-corrected chi connectivity index (χ3v) is 1.85. The first kappa shape index (κ1) is 10.5. The van der Waals surface area contributed by atoms with E-state index in [0.717, 1.165) is 19.5 Å². The van der Waals surface area contributed by atoms with Crippen LogP contribution in [0.2, 0.25) is 0 Å². The summed E-state index contributed by atoms with van der Waals surface area (Å²) >= 11 is 0. The molecule has 0 aromatic heterocycles. The average Bonchev–Trinajstić information content (AvgIpc) is 1.78. The van der Waals surface area contributed by atoms with E-state index in [9.17, 15) is 9.90 Å². The van der Waals surface area contributed by atoms with Gasteiger partial charge in [0.1, 0.15) is 5.60 Å². The summed E-state index contributed by atoms with van der Waals surface area (Å²) in [6.07, 6.45) is -0.0344. The second-order valence-electron chi connectivity index (χ2n) is 4.30. The van der Waals surface area contributed by atoms with Crippen molar-refractivity contribution in [1.29, 1.82) is 0 Å². The molecule has 0 spiro atoms. The van der Waals surface area contributed by atoms with Crippen LogP contribution in [0.1, 0.15) is 27.2 Å². The Morgan fingerprint density at radius 3 is 2.31 bits per heavy atom. The highest BCUT2D eigenvalue weighted by Crippen LogP contribution is 2.14. The van der Waals surface area contributed by atoms with Gasteiger partial charge in [-0.25, -0.2) is 4.79 Å². The Labute approximate surface area is 78.5 Å². The van der Waals surface area contributed by atoms with Gasteiger partial charge in [-0.3, -0.25) is 4.90 Å². The van der Waals surface area contributed by atoms with Crippen LogP contribution in [0.3, 0.4) is 0 Å². The number of hydrogen-bond acceptors (Lipinski definition) is 4. The van der Waals surface area contributed by atoms with E-state index in [0.29, 0.717) is 0 Å². The largest absolute Gasteiger partial charge is 0.457 e. The summed E-state index contributed by atoms with van der Waals surface area (Å²) in [6, 6.07) is 0. The number of aliphatic hydroxyl groups is 1. The number of aliphatic hydroxyl groups excluding tert-OH is 1. The van der Waals surface area contributed by atoms with E-state index in [1.54, 1.807) is 25.7 Å². The average molecular weight is 187 g/mol. The molecule has 1 fully saturated rings. The SMILES string of the molecule is CC(C)(C)OC(=O)[C@@H](O)N1CCC1. The van der Waals surface area contributed by atoms with Gasteiger partial charge in [0.05, 0.1) is 0 Å². The van der Waals surface area contributed by atoms with E-state index in [4.69, 9.17) is 4.74 Å². The molecule has 0 radical (unpaired) electrons. The van der Waals surface area contributed by atoms with Crippen molar-refractivity contribution in [3.63, 3.8) is 0 Å². The van der Waals surface area contributed by atoms with E-state index in [1.165, 1.54) is 0 Å². The molecular formula is C9H17NO3. The Balaban J connectivity index is 2.38. The molecule has 1 N–H and O–H groups in total. The molecule has 1 heterocycles. The quantitative estimate of drug-likeness (QED) is 0.634. The Bertz CT molecular complexity index is 194. The lowest BCUT2D eigenvalue weighted by atomic mass is 10.2. The summed E-state index contributed by atoms with van der Waals surface area (Å²) in [5.74, 6) is -0.549. The topological polar surface area (TPSA) is 49.8 Å². The Morgan fingerprint density at radius 1 is 1.46 bits per heavy atom. The summed E-state index contributed by atoms with van der Waals surface area (Å²) < 4.78 is 5.03. The van der Waals surface area contributed by atoms with Crippen molar-refractivity contribution >= 4 is 5.97 Å². The van der Waals surface area contributed by atoms with Crippen LogP contribution in [0.15, 0.2) is 0 Å². The van der Waals surface area contributed by atoms with E-state index >= 15 is 0 Å². The van der Waals surface area contributed by atoms with Gasteiger partial charge in [-0.2, -0.15) is 0 Å². The molecule has 4 nitrogen and oxygen atoms in total.